The van der Waals surface area contributed by atoms with Crippen LogP contribution in [0.4, 0.5) is 5.95 Å². The van der Waals surface area contributed by atoms with Gasteiger partial charge < -0.3 is 15.2 Å². The van der Waals surface area contributed by atoms with Crippen LogP contribution in [-0.4, -0.2) is 39.0 Å². The molecule has 2 unspecified atom stereocenters. The summed E-state index contributed by atoms with van der Waals surface area (Å²) in [5.74, 6) is 0.417. The number of aromatic nitrogens is 3. The highest BCUT2D eigenvalue weighted by molar-refractivity contribution is 5.74. The minimum Gasteiger partial charge on any atom is -0.466 e. The van der Waals surface area contributed by atoms with E-state index in [1.54, 1.807) is 11.6 Å². The summed E-state index contributed by atoms with van der Waals surface area (Å²) in [6.07, 6.45) is 0. The van der Waals surface area contributed by atoms with E-state index in [0.717, 1.165) is 0 Å². The number of carbonyl (C=O) groups excluding carboxylic acids is 1. The summed E-state index contributed by atoms with van der Waals surface area (Å²) in [5, 5.41) is 16.1. The van der Waals surface area contributed by atoms with Gasteiger partial charge >= 0.3 is 5.97 Å². The highest BCUT2D eigenvalue weighted by atomic mass is 16.5. The highest BCUT2D eigenvalue weighted by Crippen LogP contribution is 2.27. The van der Waals surface area contributed by atoms with E-state index >= 15 is 0 Å². The minimum atomic E-state index is -0.282. The van der Waals surface area contributed by atoms with Crippen LogP contribution in [0.1, 0.15) is 25.7 Å². The van der Waals surface area contributed by atoms with Crippen molar-refractivity contribution in [3.63, 3.8) is 0 Å². The van der Waals surface area contributed by atoms with Gasteiger partial charge in [-0.2, -0.15) is 10.1 Å². The predicted molar refractivity (Wildman–Crippen MR) is 59.3 cm³/mol. The minimum absolute atomic E-state index is 0.127. The highest BCUT2D eigenvalue weighted by Gasteiger charge is 2.34. The second-order valence-corrected chi connectivity index (χ2v) is 3.93. The molecule has 1 aromatic heterocycles. The number of nitrogens with zero attached hydrogens (tertiary/aromatic N) is 3. The van der Waals surface area contributed by atoms with Gasteiger partial charge in [0.15, 0.2) is 5.82 Å². The first-order valence-electron chi connectivity index (χ1n) is 5.64. The number of rotatable bonds is 3. The molecule has 1 aromatic rings. The molecule has 2 heterocycles. The van der Waals surface area contributed by atoms with Crippen LogP contribution in [-0.2, 0) is 16.1 Å². The predicted octanol–water partition coefficient (Wildman–Crippen LogP) is -0.0638. The number of carbonyl (C=O) groups is 1. The first-order valence-corrected chi connectivity index (χ1v) is 5.64. The van der Waals surface area contributed by atoms with Crippen molar-refractivity contribution < 1.29 is 14.6 Å². The summed E-state index contributed by atoms with van der Waals surface area (Å²) in [6, 6.07) is -0.127. The van der Waals surface area contributed by atoms with E-state index in [2.05, 4.69) is 15.4 Å². The molecule has 94 valence electrons. The Bertz CT molecular complexity index is 418. The van der Waals surface area contributed by atoms with Gasteiger partial charge in [0.25, 0.3) is 0 Å². The number of ether oxygens (including phenoxy) is 1. The summed E-state index contributed by atoms with van der Waals surface area (Å²) >= 11 is 0. The summed E-state index contributed by atoms with van der Waals surface area (Å²) in [6.45, 7) is 4.31. The van der Waals surface area contributed by atoms with E-state index in [4.69, 9.17) is 9.84 Å². The molecule has 1 aliphatic rings. The van der Waals surface area contributed by atoms with Crippen LogP contribution in [0.15, 0.2) is 0 Å². The number of nitrogens with one attached hydrogen (secondary N) is 1. The molecular formula is C10H16N4O3. The lowest BCUT2D eigenvalue weighted by Gasteiger charge is -2.28. The van der Waals surface area contributed by atoms with Gasteiger partial charge in [-0.25, -0.2) is 4.68 Å². The van der Waals surface area contributed by atoms with Gasteiger partial charge in [0.2, 0.25) is 5.95 Å². The topological polar surface area (TPSA) is 89.3 Å². The number of anilines is 1. The van der Waals surface area contributed by atoms with Crippen molar-refractivity contribution in [2.45, 2.75) is 26.5 Å². The Morgan fingerprint density at radius 2 is 2.47 bits per heavy atom. The van der Waals surface area contributed by atoms with E-state index in [-0.39, 0.29) is 24.5 Å². The van der Waals surface area contributed by atoms with E-state index in [1.165, 1.54) is 0 Å². The van der Waals surface area contributed by atoms with Crippen LogP contribution < -0.4 is 5.32 Å². The number of esters is 1. The van der Waals surface area contributed by atoms with Gasteiger partial charge in [0.05, 0.1) is 18.6 Å². The van der Waals surface area contributed by atoms with Gasteiger partial charge in [-0.05, 0) is 13.8 Å². The zero-order chi connectivity index (χ0) is 12.4. The second kappa shape index (κ2) is 4.70. The smallest absolute Gasteiger partial charge is 0.312 e. The number of hydrogen-bond donors (Lipinski definition) is 2. The molecule has 0 bridgehead atoms. The van der Waals surface area contributed by atoms with E-state index in [0.29, 0.717) is 24.9 Å². The van der Waals surface area contributed by atoms with Gasteiger partial charge in [0, 0.05) is 6.54 Å². The zero-order valence-corrected chi connectivity index (χ0v) is 9.88. The molecule has 17 heavy (non-hydrogen) atoms. The molecule has 0 saturated heterocycles. The fraction of sp³-hybridized carbons (Fsp3) is 0.700. The molecule has 0 amide bonds. The lowest BCUT2D eigenvalue weighted by Crippen LogP contribution is -2.37. The maximum absolute atomic E-state index is 11.7. The Kier molecular flexibility index (Phi) is 3.28. The number of fused-ring (bicyclic) bond motifs is 1. The van der Waals surface area contributed by atoms with Crippen molar-refractivity contribution in [2.24, 2.45) is 5.92 Å². The summed E-state index contributed by atoms with van der Waals surface area (Å²) in [5.41, 5.74) is 0. The third-order valence-electron chi connectivity index (χ3n) is 2.85. The van der Waals surface area contributed by atoms with Gasteiger partial charge in [0.1, 0.15) is 6.61 Å². The van der Waals surface area contributed by atoms with E-state index in [1.807, 2.05) is 6.92 Å². The van der Waals surface area contributed by atoms with Crippen molar-refractivity contribution in [2.75, 3.05) is 18.5 Å². The van der Waals surface area contributed by atoms with Crippen molar-refractivity contribution in [1.82, 2.24) is 14.8 Å². The number of aliphatic hydroxyl groups excluding tert-OH is 1. The Hall–Kier alpha value is -1.63. The Morgan fingerprint density at radius 3 is 3.12 bits per heavy atom. The summed E-state index contributed by atoms with van der Waals surface area (Å²) in [4.78, 5) is 15.8. The molecule has 0 fully saturated rings. The summed E-state index contributed by atoms with van der Waals surface area (Å²) < 4.78 is 6.63. The molecule has 2 rings (SSSR count). The molecule has 7 heteroatoms. The van der Waals surface area contributed by atoms with Crippen LogP contribution in [0, 0.1) is 5.92 Å². The SMILES string of the molecule is CCOC(=O)C1CNc2nc(CO)nn2C1C. The Labute approximate surface area is 98.8 Å². The van der Waals surface area contributed by atoms with E-state index in [9.17, 15) is 4.79 Å². The van der Waals surface area contributed by atoms with Crippen molar-refractivity contribution >= 4 is 11.9 Å². The Balaban J connectivity index is 2.20. The first-order chi connectivity index (χ1) is 8.17. The van der Waals surface area contributed by atoms with Crippen LogP contribution in [0.25, 0.3) is 0 Å². The number of aliphatic hydroxyl groups is 1. The Morgan fingerprint density at radius 1 is 1.71 bits per heavy atom. The van der Waals surface area contributed by atoms with Crippen LogP contribution >= 0.6 is 0 Å². The van der Waals surface area contributed by atoms with Gasteiger partial charge in [-0.15, -0.1) is 0 Å². The molecule has 0 spiro atoms. The maximum Gasteiger partial charge on any atom is 0.312 e. The zero-order valence-electron chi connectivity index (χ0n) is 9.88. The summed E-state index contributed by atoms with van der Waals surface area (Å²) in [7, 11) is 0. The third-order valence-corrected chi connectivity index (χ3v) is 2.85. The van der Waals surface area contributed by atoms with Crippen LogP contribution in [0.5, 0.6) is 0 Å². The third kappa shape index (κ3) is 2.10. The van der Waals surface area contributed by atoms with Crippen LogP contribution in [0.3, 0.4) is 0 Å². The molecule has 2 atom stereocenters. The quantitative estimate of drug-likeness (QED) is 0.719. The molecule has 2 N–H and O–H groups in total. The average Bonchev–Trinajstić information content (AvgIpc) is 2.73. The molecule has 0 radical (unpaired) electrons. The van der Waals surface area contributed by atoms with E-state index < -0.39 is 0 Å². The molecular weight excluding hydrogens is 224 g/mol. The fourth-order valence-electron chi connectivity index (χ4n) is 1.91. The maximum atomic E-state index is 11.7. The molecule has 0 aliphatic carbocycles. The second-order valence-electron chi connectivity index (χ2n) is 3.93. The normalized spacial score (nSPS) is 22.8. The molecule has 0 aromatic carbocycles. The van der Waals surface area contributed by atoms with Gasteiger partial charge in [-0.1, -0.05) is 0 Å². The standard InChI is InChI=1S/C10H16N4O3/c1-3-17-9(16)7-4-11-10-12-8(5-15)13-14(10)6(7)2/h6-7,15H,3-5H2,1-2H3,(H,11,12,13). The van der Waals surface area contributed by atoms with Gasteiger partial charge in [-0.3, -0.25) is 4.79 Å². The van der Waals surface area contributed by atoms with Crippen molar-refractivity contribution in [3.05, 3.63) is 5.82 Å². The first kappa shape index (κ1) is 11.8. The van der Waals surface area contributed by atoms with Crippen molar-refractivity contribution in [3.8, 4) is 0 Å². The number of hydrogen-bond acceptors (Lipinski definition) is 6. The van der Waals surface area contributed by atoms with Crippen LogP contribution in [0.2, 0.25) is 0 Å². The molecule has 7 nitrogen and oxygen atoms in total. The largest absolute Gasteiger partial charge is 0.466 e. The lowest BCUT2D eigenvalue weighted by molar-refractivity contribution is -0.149. The fourth-order valence-corrected chi connectivity index (χ4v) is 1.91. The van der Waals surface area contributed by atoms with Crippen molar-refractivity contribution in [1.29, 1.82) is 0 Å². The molecule has 0 saturated carbocycles. The molecule has 1 aliphatic heterocycles. The average molecular weight is 240 g/mol. The lowest BCUT2D eigenvalue weighted by atomic mass is 10.0. The monoisotopic (exact) mass is 240 g/mol.